The number of carbonyl (C=O) groups is 3. The van der Waals surface area contributed by atoms with Crippen molar-refractivity contribution < 1.29 is 28.6 Å². The molecular weight excluding hydrogens is 925 g/mol. The SMILES string of the molecule is CC/C=C\C/C=C\C/C=C\C/C=C\C/C=C\CCCCCCCC(=O)OC(COC(=O)CC/C=C\C/C=C\C/C=C\C/C=C\CC)COC(=O)CCCCCCCCCCCCCCCCCCCCCCCCC. The number of ether oxygens (including phenoxy) is 3. The zero-order valence-electron chi connectivity index (χ0n) is 49.0. The van der Waals surface area contributed by atoms with E-state index in [0.717, 1.165) is 116 Å². The van der Waals surface area contributed by atoms with Crippen LogP contribution in [-0.2, 0) is 28.6 Å². The molecule has 0 rings (SSSR count). The van der Waals surface area contributed by atoms with E-state index >= 15 is 0 Å². The zero-order valence-corrected chi connectivity index (χ0v) is 49.0. The summed E-state index contributed by atoms with van der Waals surface area (Å²) in [6.45, 7) is 6.36. The first kappa shape index (κ1) is 71.1. The van der Waals surface area contributed by atoms with Crippen LogP contribution in [0.15, 0.2) is 109 Å². The second kappa shape index (κ2) is 62.6. The Morgan fingerprint density at radius 3 is 0.893 bits per heavy atom. The fourth-order valence-corrected chi connectivity index (χ4v) is 8.66. The smallest absolute Gasteiger partial charge is 0.306 e. The molecule has 0 saturated carbocycles. The highest BCUT2D eigenvalue weighted by Crippen LogP contribution is 2.17. The van der Waals surface area contributed by atoms with Gasteiger partial charge in [-0.15, -0.1) is 0 Å². The average molecular weight is 1040 g/mol. The molecular formula is C69H116O6. The third kappa shape index (κ3) is 60.8. The van der Waals surface area contributed by atoms with Crippen LogP contribution in [0, 0.1) is 0 Å². The number of rotatable bonds is 56. The Bertz CT molecular complexity index is 1520. The van der Waals surface area contributed by atoms with Crippen molar-refractivity contribution in [1.29, 1.82) is 0 Å². The van der Waals surface area contributed by atoms with E-state index in [9.17, 15) is 14.4 Å². The first-order valence-electron chi connectivity index (χ1n) is 31.4. The van der Waals surface area contributed by atoms with E-state index in [0.29, 0.717) is 19.3 Å². The van der Waals surface area contributed by atoms with E-state index in [1.165, 1.54) is 128 Å². The van der Waals surface area contributed by atoms with Crippen LogP contribution in [0.25, 0.3) is 0 Å². The lowest BCUT2D eigenvalue weighted by Gasteiger charge is -2.18. The van der Waals surface area contributed by atoms with E-state index in [2.05, 4.69) is 124 Å². The van der Waals surface area contributed by atoms with Crippen molar-refractivity contribution >= 4 is 17.9 Å². The standard InChI is InChI=1S/C69H116O6/c1-4-7-10-13-16-19-22-25-27-29-31-33-34-36-37-39-41-44-47-50-53-56-59-62-68(71)74-65-66(64-73-67(70)61-58-55-52-49-46-43-24-21-18-15-12-9-6-3)75-69(72)63-60-57-54-51-48-45-42-40-38-35-32-30-28-26-23-20-17-14-11-8-5-2/h8-9,11-12,17-18,20-21,26,28,32,35,40,42-43,46,52,55,66H,4-7,10,13-16,19,22-25,27,29-31,33-34,36-39,41,44-45,47-51,53-54,56-65H2,1-3H3/b11-8-,12-9-,20-17-,21-18-,28-26-,35-32-,42-40-,46-43-,55-52-. The minimum Gasteiger partial charge on any atom is -0.462 e. The number of hydrogen-bond acceptors (Lipinski definition) is 6. The molecule has 0 aromatic rings. The molecule has 6 nitrogen and oxygen atoms in total. The Hall–Kier alpha value is -3.93. The maximum atomic E-state index is 12.9. The van der Waals surface area contributed by atoms with Gasteiger partial charge in [-0.25, -0.2) is 0 Å². The second-order valence-electron chi connectivity index (χ2n) is 20.6. The van der Waals surface area contributed by atoms with Crippen LogP contribution in [0.2, 0.25) is 0 Å². The maximum Gasteiger partial charge on any atom is 0.306 e. The predicted molar refractivity (Wildman–Crippen MR) is 325 cm³/mol. The molecule has 0 spiro atoms. The van der Waals surface area contributed by atoms with Crippen molar-refractivity contribution in [2.24, 2.45) is 0 Å². The third-order valence-corrected chi connectivity index (χ3v) is 13.3. The van der Waals surface area contributed by atoms with Gasteiger partial charge >= 0.3 is 17.9 Å². The highest BCUT2D eigenvalue weighted by molar-refractivity contribution is 5.71. The predicted octanol–water partition coefficient (Wildman–Crippen LogP) is 21.4. The van der Waals surface area contributed by atoms with E-state index < -0.39 is 6.10 Å². The van der Waals surface area contributed by atoms with E-state index in [4.69, 9.17) is 14.2 Å². The van der Waals surface area contributed by atoms with Crippen molar-refractivity contribution in [3.05, 3.63) is 109 Å². The molecule has 0 aromatic carbocycles. The molecule has 0 N–H and O–H groups in total. The summed E-state index contributed by atoms with van der Waals surface area (Å²) in [6.07, 6.45) is 85.4. The van der Waals surface area contributed by atoms with Crippen LogP contribution in [0.4, 0.5) is 0 Å². The van der Waals surface area contributed by atoms with Gasteiger partial charge in [0, 0.05) is 19.3 Å². The second-order valence-corrected chi connectivity index (χ2v) is 20.6. The Balaban J connectivity index is 4.39. The molecule has 0 saturated heterocycles. The molecule has 0 amide bonds. The number of carbonyl (C=O) groups excluding carboxylic acids is 3. The van der Waals surface area contributed by atoms with Crippen LogP contribution in [-0.4, -0.2) is 37.2 Å². The minimum atomic E-state index is -0.819. The van der Waals surface area contributed by atoms with Crippen molar-refractivity contribution in [3.8, 4) is 0 Å². The fraction of sp³-hybridized carbons (Fsp3) is 0.696. The summed E-state index contributed by atoms with van der Waals surface area (Å²) in [5, 5.41) is 0. The van der Waals surface area contributed by atoms with Gasteiger partial charge in [0.2, 0.25) is 0 Å². The Morgan fingerprint density at radius 2 is 0.547 bits per heavy atom. The average Bonchev–Trinajstić information content (AvgIpc) is 3.41. The molecule has 0 bridgehead atoms. The van der Waals surface area contributed by atoms with Crippen LogP contribution in [0.1, 0.15) is 290 Å². The highest BCUT2D eigenvalue weighted by Gasteiger charge is 2.19. The van der Waals surface area contributed by atoms with Crippen LogP contribution in [0.3, 0.4) is 0 Å². The van der Waals surface area contributed by atoms with E-state index in [-0.39, 0.29) is 37.5 Å². The summed E-state index contributed by atoms with van der Waals surface area (Å²) in [5.74, 6) is -1.00. The largest absolute Gasteiger partial charge is 0.462 e. The van der Waals surface area contributed by atoms with Gasteiger partial charge in [0.1, 0.15) is 13.2 Å². The molecule has 0 heterocycles. The van der Waals surface area contributed by atoms with Gasteiger partial charge in [0.05, 0.1) is 0 Å². The van der Waals surface area contributed by atoms with Crippen molar-refractivity contribution in [2.45, 2.75) is 297 Å². The van der Waals surface area contributed by atoms with Gasteiger partial charge < -0.3 is 14.2 Å². The minimum absolute atomic E-state index is 0.107. The van der Waals surface area contributed by atoms with Gasteiger partial charge in [-0.05, 0) is 89.9 Å². The molecule has 0 aliphatic heterocycles. The lowest BCUT2D eigenvalue weighted by Crippen LogP contribution is -2.30. The summed E-state index contributed by atoms with van der Waals surface area (Å²) in [6, 6.07) is 0. The van der Waals surface area contributed by atoms with Gasteiger partial charge in [-0.1, -0.05) is 291 Å². The number of unbranched alkanes of at least 4 members (excludes halogenated alkanes) is 27. The lowest BCUT2D eigenvalue weighted by molar-refractivity contribution is -0.166. The first-order chi connectivity index (χ1) is 37.0. The summed E-state index contributed by atoms with van der Waals surface area (Å²) in [4.78, 5) is 38.2. The number of esters is 3. The molecule has 0 aliphatic carbocycles. The maximum absolute atomic E-state index is 12.9. The van der Waals surface area contributed by atoms with Crippen molar-refractivity contribution in [2.75, 3.05) is 13.2 Å². The molecule has 0 radical (unpaired) electrons. The van der Waals surface area contributed by atoms with Crippen molar-refractivity contribution in [3.63, 3.8) is 0 Å². The molecule has 1 atom stereocenters. The number of hydrogen-bond donors (Lipinski definition) is 0. The van der Waals surface area contributed by atoms with Gasteiger partial charge in [0.25, 0.3) is 0 Å². The summed E-state index contributed by atoms with van der Waals surface area (Å²) < 4.78 is 16.8. The van der Waals surface area contributed by atoms with Crippen LogP contribution >= 0.6 is 0 Å². The fourth-order valence-electron chi connectivity index (χ4n) is 8.66. The molecule has 0 fully saturated rings. The Labute approximate surface area is 463 Å². The van der Waals surface area contributed by atoms with E-state index in [1.54, 1.807) is 0 Å². The van der Waals surface area contributed by atoms with Crippen LogP contribution in [0.5, 0.6) is 0 Å². The van der Waals surface area contributed by atoms with Crippen LogP contribution < -0.4 is 0 Å². The molecule has 6 heteroatoms. The first-order valence-corrected chi connectivity index (χ1v) is 31.4. The third-order valence-electron chi connectivity index (χ3n) is 13.3. The summed E-state index contributed by atoms with van der Waals surface area (Å²) in [7, 11) is 0. The molecule has 75 heavy (non-hydrogen) atoms. The Kier molecular flexibility index (Phi) is 59.3. The summed E-state index contributed by atoms with van der Waals surface area (Å²) >= 11 is 0. The monoisotopic (exact) mass is 1040 g/mol. The normalized spacial score (nSPS) is 12.8. The zero-order chi connectivity index (χ0) is 54.3. The number of allylic oxidation sites excluding steroid dienone is 18. The quantitative estimate of drug-likeness (QED) is 0.0261. The molecule has 0 aromatic heterocycles. The van der Waals surface area contributed by atoms with Crippen molar-refractivity contribution in [1.82, 2.24) is 0 Å². The highest BCUT2D eigenvalue weighted by atomic mass is 16.6. The Morgan fingerprint density at radius 1 is 0.280 bits per heavy atom. The lowest BCUT2D eigenvalue weighted by atomic mass is 10.0. The van der Waals surface area contributed by atoms with Gasteiger partial charge in [0.15, 0.2) is 6.10 Å². The van der Waals surface area contributed by atoms with Gasteiger partial charge in [-0.2, -0.15) is 0 Å². The molecule has 0 aliphatic rings. The summed E-state index contributed by atoms with van der Waals surface area (Å²) in [5.41, 5.74) is 0. The molecule has 428 valence electrons. The van der Waals surface area contributed by atoms with E-state index in [1.807, 2.05) is 6.08 Å². The van der Waals surface area contributed by atoms with Gasteiger partial charge in [-0.3, -0.25) is 14.4 Å². The molecule has 1 unspecified atom stereocenters. The topological polar surface area (TPSA) is 78.9 Å².